The highest BCUT2D eigenvalue weighted by atomic mass is 16.5. The second kappa shape index (κ2) is 8.20. The van der Waals surface area contributed by atoms with E-state index in [9.17, 15) is 4.79 Å². The number of nitrogens with zero attached hydrogens (tertiary/aromatic N) is 1. The molecule has 0 saturated carbocycles. The largest absolute Gasteiger partial charge is 0.497 e. The zero-order valence-corrected chi connectivity index (χ0v) is 13.1. The van der Waals surface area contributed by atoms with Crippen LogP contribution in [-0.4, -0.2) is 25.5 Å². The lowest BCUT2D eigenvalue weighted by molar-refractivity contribution is -0.109. The van der Waals surface area contributed by atoms with Crippen LogP contribution in [0, 0.1) is 0 Å². The molecule has 0 unspecified atom stereocenters. The Balaban J connectivity index is 1.98. The van der Waals surface area contributed by atoms with Crippen LogP contribution in [0.5, 0.6) is 5.75 Å². The molecule has 0 fully saturated rings. The Bertz CT molecular complexity index is 596. The summed E-state index contributed by atoms with van der Waals surface area (Å²) >= 11 is 0. The Morgan fingerprint density at radius 3 is 2.36 bits per heavy atom. The summed E-state index contributed by atoms with van der Waals surface area (Å²) < 4.78 is 5.17. The number of rotatable bonds is 8. The van der Waals surface area contributed by atoms with Crippen molar-refractivity contribution in [2.75, 3.05) is 14.2 Å². The van der Waals surface area contributed by atoms with Gasteiger partial charge in [-0.3, -0.25) is 9.69 Å². The third kappa shape index (κ3) is 4.60. The maximum absolute atomic E-state index is 10.5. The SMILES string of the molecule is COc1ccc(CN(C)Cc2ccccc2CNC=O)cc1. The van der Waals surface area contributed by atoms with E-state index in [1.165, 1.54) is 11.1 Å². The van der Waals surface area contributed by atoms with Crippen LogP contribution in [0.1, 0.15) is 16.7 Å². The first-order chi connectivity index (χ1) is 10.7. The number of hydrogen-bond donors (Lipinski definition) is 1. The lowest BCUT2D eigenvalue weighted by Crippen LogP contribution is -2.19. The highest BCUT2D eigenvalue weighted by Crippen LogP contribution is 2.15. The number of carbonyl (C=O) groups excluding carboxylic acids is 1. The lowest BCUT2D eigenvalue weighted by atomic mass is 10.1. The van der Waals surface area contributed by atoms with E-state index in [1.54, 1.807) is 7.11 Å². The molecule has 0 radical (unpaired) electrons. The van der Waals surface area contributed by atoms with E-state index in [2.05, 4.69) is 35.5 Å². The topological polar surface area (TPSA) is 41.6 Å². The molecule has 0 spiro atoms. The quantitative estimate of drug-likeness (QED) is 0.762. The van der Waals surface area contributed by atoms with E-state index in [0.717, 1.165) is 30.8 Å². The van der Waals surface area contributed by atoms with E-state index in [-0.39, 0.29) is 0 Å². The number of benzene rings is 2. The molecule has 4 heteroatoms. The molecule has 0 bridgehead atoms. The predicted molar refractivity (Wildman–Crippen MR) is 87.5 cm³/mol. The average molecular weight is 298 g/mol. The van der Waals surface area contributed by atoms with Crippen molar-refractivity contribution in [3.63, 3.8) is 0 Å². The first kappa shape index (κ1) is 16.0. The van der Waals surface area contributed by atoms with Crippen LogP contribution in [0.2, 0.25) is 0 Å². The van der Waals surface area contributed by atoms with E-state index in [1.807, 2.05) is 30.3 Å². The molecular formula is C18H22N2O2. The van der Waals surface area contributed by atoms with Gasteiger partial charge in [0.05, 0.1) is 7.11 Å². The summed E-state index contributed by atoms with van der Waals surface area (Å²) in [5.74, 6) is 0.872. The van der Waals surface area contributed by atoms with Crippen molar-refractivity contribution in [3.05, 3.63) is 65.2 Å². The summed E-state index contributed by atoms with van der Waals surface area (Å²) in [4.78, 5) is 12.7. The van der Waals surface area contributed by atoms with E-state index in [0.29, 0.717) is 6.54 Å². The van der Waals surface area contributed by atoms with Crippen LogP contribution in [0.3, 0.4) is 0 Å². The zero-order chi connectivity index (χ0) is 15.8. The fourth-order valence-electron chi connectivity index (χ4n) is 2.43. The summed E-state index contributed by atoms with van der Waals surface area (Å²) in [5, 5.41) is 2.73. The first-order valence-electron chi connectivity index (χ1n) is 7.28. The molecule has 0 aliphatic rings. The van der Waals surface area contributed by atoms with E-state index in [4.69, 9.17) is 4.74 Å². The van der Waals surface area contributed by atoms with Gasteiger partial charge in [0.25, 0.3) is 0 Å². The standard InChI is InChI=1S/C18H22N2O2/c1-20(12-15-7-9-18(22-2)10-8-15)13-17-6-4-3-5-16(17)11-19-14-21/h3-10,14H,11-13H2,1-2H3,(H,19,21). The molecule has 1 N–H and O–H groups in total. The molecule has 2 rings (SSSR count). The lowest BCUT2D eigenvalue weighted by Gasteiger charge is -2.19. The second-order valence-electron chi connectivity index (χ2n) is 5.29. The molecule has 0 aromatic heterocycles. The molecular weight excluding hydrogens is 276 g/mol. The summed E-state index contributed by atoms with van der Waals surface area (Å²) in [6, 6.07) is 16.3. The zero-order valence-electron chi connectivity index (χ0n) is 13.1. The van der Waals surface area contributed by atoms with Crippen molar-refractivity contribution < 1.29 is 9.53 Å². The van der Waals surface area contributed by atoms with Gasteiger partial charge in [-0.1, -0.05) is 36.4 Å². The van der Waals surface area contributed by atoms with Crippen molar-refractivity contribution in [2.45, 2.75) is 19.6 Å². The monoisotopic (exact) mass is 298 g/mol. The van der Waals surface area contributed by atoms with Crippen LogP contribution >= 0.6 is 0 Å². The molecule has 4 nitrogen and oxygen atoms in total. The van der Waals surface area contributed by atoms with Gasteiger partial charge in [0, 0.05) is 19.6 Å². The number of amides is 1. The summed E-state index contributed by atoms with van der Waals surface area (Å²) in [7, 11) is 3.76. The van der Waals surface area contributed by atoms with Crippen LogP contribution in [-0.2, 0) is 24.4 Å². The molecule has 116 valence electrons. The van der Waals surface area contributed by atoms with E-state index >= 15 is 0 Å². The van der Waals surface area contributed by atoms with Gasteiger partial charge in [0.15, 0.2) is 0 Å². The minimum absolute atomic E-state index is 0.566. The van der Waals surface area contributed by atoms with Gasteiger partial charge in [-0.2, -0.15) is 0 Å². The van der Waals surface area contributed by atoms with Gasteiger partial charge in [0.2, 0.25) is 6.41 Å². The minimum atomic E-state index is 0.566. The fraction of sp³-hybridized carbons (Fsp3) is 0.278. The fourth-order valence-corrected chi connectivity index (χ4v) is 2.43. The molecule has 0 heterocycles. The van der Waals surface area contributed by atoms with Crippen LogP contribution in [0.4, 0.5) is 0 Å². The normalized spacial score (nSPS) is 10.5. The van der Waals surface area contributed by atoms with Gasteiger partial charge in [-0.25, -0.2) is 0 Å². The molecule has 1 amide bonds. The van der Waals surface area contributed by atoms with Crippen molar-refractivity contribution in [1.82, 2.24) is 10.2 Å². The van der Waals surface area contributed by atoms with Crippen LogP contribution < -0.4 is 10.1 Å². The molecule has 2 aromatic carbocycles. The average Bonchev–Trinajstić information content (AvgIpc) is 2.54. The first-order valence-corrected chi connectivity index (χ1v) is 7.28. The molecule has 0 saturated heterocycles. The minimum Gasteiger partial charge on any atom is -0.497 e. The number of hydrogen-bond acceptors (Lipinski definition) is 3. The highest BCUT2D eigenvalue weighted by Gasteiger charge is 2.06. The number of methoxy groups -OCH3 is 1. The van der Waals surface area contributed by atoms with Gasteiger partial charge >= 0.3 is 0 Å². The smallest absolute Gasteiger partial charge is 0.207 e. The maximum atomic E-state index is 10.5. The Morgan fingerprint density at radius 2 is 1.73 bits per heavy atom. The third-order valence-electron chi connectivity index (χ3n) is 3.55. The molecule has 2 aromatic rings. The van der Waals surface area contributed by atoms with Crippen LogP contribution in [0.15, 0.2) is 48.5 Å². The van der Waals surface area contributed by atoms with Crippen molar-refractivity contribution >= 4 is 6.41 Å². The number of nitrogens with one attached hydrogen (secondary N) is 1. The Kier molecular flexibility index (Phi) is 5.98. The highest BCUT2D eigenvalue weighted by molar-refractivity contribution is 5.46. The molecule has 22 heavy (non-hydrogen) atoms. The molecule has 0 aliphatic heterocycles. The van der Waals surface area contributed by atoms with E-state index < -0.39 is 0 Å². The van der Waals surface area contributed by atoms with Gasteiger partial charge < -0.3 is 10.1 Å². The van der Waals surface area contributed by atoms with Gasteiger partial charge in [-0.05, 0) is 35.9 Å². The summed E-state index contributed by atoms with van der Waals surface area (Å²) in [5.41, 5.74) is 3.62. The summed E-state index contributed by atoms with van der Waals surface area (Å²) in [6.45, 7) is 2.26. The Hall–Kier alpha value is -2.33. The maximum Gasteiger partial charge on any atom is 0.207 e. The van der Waals surface area contributed by atoms with Crippen molar-refractivity contribution in [3.8, 4) is 5.75 Å². The number of ether oxygens (including phenoxy) is 1. The molecule has 0 aliphatic carbocycles. The Morgan fingerprint density at radius 1 is 1.05 bits per heavy atom. The second-order valence-corrected chi connectivity index (χ2v) is 5.29. The third-order valence-corrected chi connectivity index (χ3v) is 3.55. The number of carbonyl (C=O) groups is 1. The Labute approximate surface area is 131 Å². The summed E-state index contributed by atoms with van der Waals surface area (Å²) in [6.07, 6.45) is 0.734. The van der Waals surface area contributed by atoms with Crippen LogP contribution in [0.25, 0.3) is 0 Å². The van der Waals surface area contributed by atoms with Crippen molar-refractivity contribution in [1.29, 1.82) is 0 Å². The van der Waals surface area contributed by atoms with Gasteiger partial charge in [-0.15, -0.1) is 0 Å². The molecule has 0 atom stereocenters. The van der Waals surface area contributed by atoms with Crippen molar-refractivity contribution in [2.24, 2.45) is 0 Å². The predicted octanol–water partition coefficient (Wildman–Crippen LogP) is 2.57. The van der Waals surface area contributed by atoms with Gasteiger partial charge in [0.1, 0.15) is 5.75 Å².